The Kier molecular flexibility index (Phi) is 3.11. The first kappa shape index (κ1) is 11.4. The van der Waals surface area contributed by atoms with Crippen molar-refractivity contribution in [1.29, 1.82) is 0 Å². The summed E-state index contributed by atoms with van der Waals surface area (Å²) in [5.74, 6) is 1.36. The zero-order valence-corrected chi connectivity index (χ0v) is 10.9. The second-order valence-corrected chi connectivity index (χ2v) is 6.64. The smallest absolute Gasteiger partial charge is 0.0931 e. The lowest BCUT2D eigenvalue weighted by Crippen LogP contribution is -2.46. The summed E-state index contributed by atoms with van der Waals surface area (Å²) < 4.78 is 0.848. The lowest BCUT2D eigenvalue weighted by molar-refractivity contribution is 0.168. The Morgan fingerprint density at radius 3 is 2.73 bits per heavy atom. The molecule has 1 aliphatic rings. The first-order valence-electron chi connectivity index (χ1n) is 5.57. The number of hydrogen-bond acceptors (Lipinski definition) is 2. The van der Waals surface area contributed by atoms with E-state index in [4.69, 9.17) is 17.3 Å². The Hall–Kier alpha value is -0.0500. The van der Waals surface area contributed by atoms with Gasteiger partial charge in [0, 0.05) is 4.88 Å². The van der Waals surface area contributed by atoms with Gasteiger partial charge in [-0.1, -0.05) is 25.4 Å². The van der Waals surface area contributed by atoms with E-state index < -0.39 is 0 Å². The molecular formula is C12H18ClNS. The minimum Gasteiger partial charge on any atom is -0.321 e. The molecule has 0 aliphatic heterocycles. The molecular weight excluding hydrogens is 226 g/mol. The van der Waals surface area contributed by atoms with Crippen molar-refractivity contribution >= 4 is 22.9 Å². The Bertz CT molecular complexity index is 349. The fourth-order valence-corrected chi connectivity index (χ4v) is 3.88. The number of rotatable bonds is 1. The van der Waals surface area contributed by atoms with Crippen molar-refractivity contribution < 1.29 is 0 Å². The van der Waals surface area contributed by atoms with E-state index >= 15 is 0 Å². The number of nitrogens with two attached hydrogens (primary N) is 1. The Balaban J connectivity index is 2.26. The molecule has 84 valence electrons. The van der Waals surface area contributed by atoms with Crippen molar-refractivity contribution in [1.82, 2.24) is 0 Å². The first-order valence-corrected chi connectivity index (χ1v) is 6.76. The van der Waals surface area contributed by atoms with Gasteiger partial charge in [0.25, 0.3) is 0 Å². The van der Waals surface area contributed by atoms with E-state index in [9.17, 15) is 0 Å². The zero-order chi connectivity index (χ0) is 11.1. The lowest BCUT2D eigenvalue weighted by Gasteiger charge is -2.41. The summed E-state index contributed by atoms with van der Waals surface area (Å²) in [6.07, 6.45) is 3.55. The molecule has 3 heteroatoms. The fraction of sp³-hybridized carbons (Fsp3) is 0.667. The molecule has 0 saturated heterocycles. The molecule has 0 bridgehead atoms. The molecule has 0 radical (unpaired) electrons. The second-order valence-electron chi connectivity index (χ2n) is 4.92. The highest BCUT2D eigenvalue weighted by molar-refractivity contribution is 7.16. The fourth-order valence-electron chi connectivity index (χ4n) is 2.59. The summed E-state index contributed by atoms with van der Waals surface area (Å²) >= 11 is 7.62. The molecule has 0 spiro atoms. The van der Waals surface area contributed by atoms with Gasteiger partial charge >= 0.3 is 0 Å². The van der Waals surface area contributed by atoms with Crippen LogP contribution in [0.4, 0.5) is 0 Å². The van der Waals surface area contributed by atoms with Gasteiger partial charge in [-0.3, -0.25) is 0 Å². The van der Waals surface area contributed by atoms with E-state index in [1.165, 1.54) is 17.7 Å². The van der Waals surface area contributed by atoms with Gasteiger partial charge in [0.1, 0.15) is 0 Å². The molecule has 1 aromatic rings. The van der Waals surface area contributed by atoms with E-state index in [-0.39, 0.29) is 5.54 Å². The standard InChI is InChI=1S/C12H18ClNS/c1-8-5-6-12(14,9(2)7-8)10-3-4-11(13)15-10/h3-4,8-9H,5-7,14H2,1-2H3. The molecule has 0 aromatic carbocycles. The predicted octanol–water partition coefficient (Wildman–Crippen LogP) is 4.01. The maximum atomic E-state index is 6.55. The van der Waals surface area contributed by atoms with Gasteiger partial charge in [0.15, 0.2) is 0 Å². The van der Waals surface area contributed by atoms with Gasteiger partial charge in [0.2, 0.25) is 0 Å². The van der Waals surface area contributed by atoms with Crippen molar-refractivity contribution in [2.75, 3.05) is 0 Å². The molecule has 1 aliphatic carbocycles. The highest BCUT2D eigenvalue weighted by Gasteiger charge is 2.39. The minimum absolute atomic E-state index is 0.135. The maximum Gasteiger partial charge on any atom is 0.0931 e. The Morgan fingerprint density at radius 1 is 1.47 bits per heavy atom. The molecule has 3 atom stereocenters. The van der Waals surface area contributed by atoms with Crippen LogP contribution in [0.25, 0.3) is 0 Å². The van der Waals surface area contributed by atoms with E-state index in [0.29, 0.717) is 5.92 Å². The molecule has 2 rings (SSSR count). The van der Waals surface area contributed by atoms with E-state index in [0.717, 1.165) is 16.7 Å². The Labute approximate surface area is 101 Å². The zero-order valence-electron chi connectivity index (χ0n) is 9.29. The molecule has 15 heavy (non-hydrogen) atoms. The lowest BCUT2D eigenvalue weighted by atomic mass is 9.70. The first-order chi connectivity index (χ1) is 7.02. The second kappa shape index (κ2) is 4.08. The van der Waals surface area contributed by atoms with Gasteiger partial charge in [-0.2, -0.15) is 0 Å². The van der Waals surface area contributed by atoms with Crippen LogP contribution in [0.5, 0.6) is 0 Å². The van der Waals surface area contributed by atoms with Crippen molar-refractivity contribution in [3.63, 3.8) is 0 Å². The highest BCUT2D eigenvalue weighted by Crippen LogP contribution is 2.44. The van der Waals surface area contributed by atoms with Crippen LogP contribution >= 0.6 is 22.9 Å². The van der Waals surface area contributed by atoms with E-state index in [2.05, 4.69) is 19.9 Å². The van der Waals surface area contributed by atoms with Gasteiger partial charge in [0.05, 0.1) is 9.88 Å². The van der Waals surface area contributed by atoms with Crippen LogP contribution in [0.2, 0.25) is 4.34 Å². The van der Waals surface area contributed by atoms with Crippen LogP contribution in [0.3, 0.4) is 0 Å². The van der Waals surface area contributed by atoms with Gasteiger partial charge < -0.3 is 5.73 Å². The van der Waals surface area contributed by atoms with Crippen LogP contribution in [-0.2, 0) is 5.54 Å². The van der Waals surface area contributed by atoms with Crippen molar-refractivity contribution in [2.24, 2.45) is 17.6 Å². The number of thiophene rings is 1. The third-order valence-corrected chi connectivity index (χ3v) is 5.14. The van der Waals surface area contributed by atoms with Crippen LogP contribution in [-0.4, -0.2) is 0 Å². The van der Waals surface area contributed by atoms with Gasteiger partial charge in [-0.15, -0.1) is 11.3 Å². The molecule has 1 aromatic heterocycles. The van der Waals surface area contributed by atoms with E-state index in [1.807, 2.05) is 6.07 Å². The minimum atomic E-state index is -0.135. The molecule has 1 saturated carbocycles. The van der Waals surface area contributed by atoms with Crippen LogP contribution in [0.1, 0.15) is 38.0 Å². The largest absolute Gasteiger partial charge is 0.321 e. The highest BCUT2D eigenvalue weighted by atomic mass is 35.5. The van der Waals surface area contributed by atoms with Gasteiger partial charge in [-0.05, 0) is 43.2 Å². The molecule has 1 fully saturated rings. The summed E-state index contributed by atoms with van der Waals surface area (Å²) in [7, 11) is 0. The molecule has 3 unspecified atom stereocenters. The van der Waals surface area contributed by atoms with Crippen molar-refractivity contribution in [3.8, 4) is 0 Å². The summed E-state index contributed by atoms with van der Waals surface area (Å²) in [6.45, 7) is 4.58. The third kappa shape index (κ3) is 2.08. The normalized spacial score (nSPS) is 36.8. The monoisotopic (exact) mass is 243 g/mol. The van der Waals surface area contributed by atoms with Crippen LogP contribution in [0, 0.1) is 11.8 Å². The quantitative estimate of drug-likeness (QED) is 0.793. The summed E-state index contributed by atoms with van der Waals surface area (Å²) in [5, 5.41) is 0. The topological polar surface area (TPSA) is 26.0 Å². The number of halogens is 1. The van der Waals surface area contributed by atoms with Crippen molar-refractivity contribution in [2.45, 2.75) is 38.6 Å². The summed E-state index contributed by atoms with van der Waals surface area (Å²) in [6, 6.07) is 4.06. The average molecular weight is 244 g/mol. The van der Waals surface area contributed by atoms with Gasteiger partial charge in [-0.25, -0.2) is 0 Å². The summed E-state index contributed by atoms with van der Waals surface area (Å²) in [4.78, 5) is 1.26. The Morgan fingerprint density at radius 2 is 2.20 bits per heavy atom. The average Bonchev–Trinajstić information content (AvgIpc) is 2.60. The van der Waals surface area contributed by atoms with Crippen molar-refractivity contribution in [3.05, 3.63) is 21.3 Å². The van der Waals surface area contributed by atoms with Crippen LogP contribution in [0.15, 0.2) is 12.1 Å². The molecule has 2 N–H and O–H groups in total. The van der Waals surface area contributed by atoms with Crippen LogP contribution < -0.4 is 5.73 Å². The number of hydrogen-bond donors (Lipinski definition) is 1. The third-order valence-electron chi connectivity index (χ3n) is 3.72. The molecule has 1 heterocycles. The molecule has 0 amide bonds. The summed E-state index contributed by atoms with van der Waals surface area (Å²) in [5.41, 5.74) is 6.42. The predicted molar refractivity (Wildman–Crippen MR) is 67.4 cm³/mol. The molecule has 1 nitrogen and oxygen atoms in total. The maximum absolute atomic E-state index is 6.55. The SMILES string of the molecule is CC1CCC(N)(c2ccc(Cl)s2)C(C)C1. The van der Waals surface area contributed by atoms with E-state index in [1.54, 1.807) is 11.3 Å².